The fourth-order valence-electron chi connectivity index (χ4n) is 3.25. The maximum atomic E-state index is 11.9. The van der Waals surface area contributed by atoms with Gasteiger partial charge in [0.15, 0.2) is 0 Å². The van der Waals surface area contributed by atoms with E-state index in [4.69, 9.17) is 11.6 Å². The third-order valence-electron chi connectivity index (χ3n) is 4.82. The first-order valence-electron chi connectivity index (χ1n) is 9.21. The van der Waals surface area contributed by atoms with Gasteiger partial charge in [-0.25, -0.2) is 0 Å². The van der Waals surface area contributed by atoms with Crippen molar-refractivity contribution >= 4 is 23.4 Å². The van der Waals surface area contributed by atoms with Crippen LogP contribution in [-0.4, -0.2) is 44.0 Å². The zero-order chi connectivity index (χ0) is 18.1. The Balaban J connectivity index is 1.55. The molecule has 25 heavy (non-hydrogen) atoms. The first-order chi connectivity index (χ1) is 12.1. The third kappa shape index (κ3) is 7.04. The van der Waals surface area contributed by atoms with Gasteiger partial charge in [-0.2, -0.15) is 0 Å². The molecule has 1 fully saturated rings. The molecule has 1 heterocycles. The Morgan fingerprint density at radius 2 is 1.92 bits per heavy atom. The van der Waals surface area contributed by atoms with Crippen LogP contribution in [0, 0.1) is 0 Å². The molecule has 5 nitrogen and oxygen atoms in total. The average Bonchev–Trinajstić information content (AvgIpc) is 2.60. The Kier molecular flexibility index (Phi) is 8.22. The summed E-state index contributed by atoms with van der Waals surface area (Å²) in [6, 6.07) is 7.43. The van der Waals surface area contributed by atoms with E-state index in [1.807, 2.05) is 0 Å². The monoisotopic (exact) mass is 366 g/mol. The van der Waals surface area contributed by atoms with Gasteiger partial charge in [-0.15, -0.1) is 0 Å². The molecule has 2 atom stereocenters. The van der Waals surface area contributed by atoms with Crippen LogP contribution in [0.1, 0.15) is 49.4 Å². The van der Waals surface area contributed by atoms with Crippen LogP contribution in [0.4, 0.5) is 0 Å². The highest BCUT2D eigenvalue weighted by atomic mass is 35.5. The number of hydrogen-bond donors (Lipinski definition) is 3. The van der Waals surface area contributed by atoms with Crippen molar-refractivity contribution in [1.29, 1.82) is 0 Å². The number of halogens is 1. The van der Waals surface area contributed by atoms with E-state index in [1.165, 1.54) is 25.8 Å². The maximum Gasteiger partial charge on any atom is 0.251 e. The molecular formula is C19H29ClN3O2+. The Bertz CT molecular complexity index is 562. The number of quaternary nitrogens is 1. The van der Waals surface area contributed by atoms with Crippen molar-refractivity contribution < 1.29 is 14.5 Å². The zero-order valence-corrected chi connectivity index (χ0v) is 15.7. The van der Waals surface area contributed by atoms with Gasteiger partial charge in [-0.1, -0.05) is 11.6 Å². The number of carbonyl (C=O) groups is 2. The second-order valence-corrected chi connectivity index (χ2v) is 7.21. The first-order valence-corrected chi connectivity index (χ1v) is 9.59. The van der Waals surface area contributed by atoms with E-state index < -0.39 is 0 Å². The van der Waals surface area contributed by atoms with E-state index >= 15 is 0 Å². The highest BCUT2D eigenvalue weighted by Gasteiger charge is 2.20. The van der Waals surface area contributed by atoms with Crippen molar-refractivity contribution in [3.63, 3.8) is 0 Å². The van der Waals surface area contributed by atoms with Crippen molar-refractivity contribution in [2.75, 3.05) is 26.2 Å². The summed E-state index contributed by atoms with van der Waals surface area (Å²) < 4.78 is 0. The number of hydrogen-bond acceptors (Lipinski definition) is 2. The van der Waals surface area contributed by atoms with Crippen LogP contribution in [0.15, 0.2) is 24.3 Å². The van der Waals surface area contributed by atoms with Crippen LogP contribution in [0.25, 0.3) is 0 Å². The molecule has 138 valence electrons. The number of rotatable bonds is 8. The summed E-state index contributed by atoms with van der Waals surface area (Å²) in [4.78, 5) is 25.4. The molecule has 6 heteroatoms. The van der Waals surface area contributed by atoms with Gasteiger partial charge in [0.05, 0.1) is 19.1 Å². The smallest absolute Gasteiger partial charge is 0.251 e. The minimum absolute atomic E-state index is 0.0156. The lowest BCUT2D eigenvalue weighted by atomic mass is 10.0. The molecule has 2 amide bonds. The first kappa shape index (κ1) is 19.7. The van der Waals surface area contributed by atoms with Crippen LogP contribution < -0.4 is 15.5 Å². The molecule has 0 aliphatic carbocycles. The van der Waals surface area contributed by atoms with E-state index in [-0.39, 0.29) is 11.8 Å². The fraction of sp³-hybridized carbons (Fsp3) is 0.579. The van der Waals surface area contributed by atoms with Crippen LogP contribution in [-0.2, 0) is 4.79 Å². The predicted octanol–water partition coefficient (Wildman–Crippen LogP) is 1.42. The summed E-state index contributed by atoms with van der Waals surface area (Å²) >= 11 is 5.79. The minimum Gasteiger partial charge on any atom is -0.356 e. The Morgan fingerprint density at radius 1 is 1.16 bits per heavy atom. The quantitative estimate of drug-likeness (QED) is 0.609. The van der Waals surface area contributed by atoms with Gasteiger partial charge in [-0.05, 0) is 50.5 Å². The van der Waals surface area contributed by atoms with E-state index in [2.05, 4.69) is 17.6 Å². The molecule has 2 rings (SSSR count). The van der Waals surface area contributed by atoms with Gasteiger partial charge < -0.3 is 15.5 Å². The Labute approximate surface area is 155 Å². The van der Waals surface area contributed by atoms with Crippen LogP contribution >= 0.6 is 11.6 Å². The lowest BCUT2D eigenvalue weighted by Crippen LogP contribution is -3.16. The highest BCUT2D eigenvalue weighted by Crippen LogP contribution is 2.09. The molecule has 3 N–H and O–H groups in total. The molecule has 0 bridgehead atoms. The Hall–Kier alpha value is -1.59. The SMILES string of the molecule is C[C@H]1CCCC[NH+]1CCCNC(=O)CCNC(=O)c1ccc(Cl)cc1. The van der Waals surface area contributed by atoms with Crippen molar-refractivity contribution in [3.05, 3.63) is 34.9 Å². The summed E-state index contributed by atoms with van der Waals surface area (Å²) in [5.41, 5.74) is 0.545. The van der Waals surface area contributed by atoms with Gasteiger partial charge in [-0.3, -0.25) is 9.59 Å². The lowest BCUT2D eigenvalue weighted by molar-refractivity contribution is -0.928. The topological polar surface area (TPSA) is 62.6 Å². The summed E-state index contributed by atoms with van der Waals surface area (Å²) in [5.74, 6) is -0.203. The summed E-state index contributed by atoms with van der Waals surface area (Å²) in [7, 11) is 0. The van der Waals surface area contributed by atoms with Crippen molar-refractivity contribution in [2.45, 2.75) is 45.1 Å². The van der Waals surface area contributed by atoms with Gasteiger partial charge in [0.2, 0.25) is 5.91 Å². The maximum absolute atomic E-state index is 11.9. The normalized spacial score (nSPS) is 20.1. The highest BCUT2D eigenvalue weighted by molar-refractivity contribution is 6.30. The minimum atomic E-state index is -0.188. The van der Waals surface area contributed by atoms with E-state index in [0.717, 1.165) is 19.0 Å². The number of piperidine rings is 1. The zero-order valence-electron chi connectivity index (χ0n) is 14.9. The van der Waals surface area contributed by atoms with Gasteiger partial charge in [0.1, 0.15) is 0 Å². The molecule has 0 saturated carbocycles. The fourth-order valence-corrected chi connectivity index (χ4v) is 3.38. The van der Waals surface area contributed by atoms with E-state index in [0.29, 0.717) is 30.1 Å². The second-order valence-electron chi connectivity index (χ2n) is 6.77. The molecule has 1 aliphatic heterocycles. The van der Waals surface area contributed by atoms with Crippen molar-refractivity contribution in [1.82, 2.24) is 10.6 Å². The predicted molar refractivity (Wildman–Crippen MR) is 100 cm³/mol. The third-order valence-corrected chi connectivity index (χ3v) is 5.07. The number of amides is 2. The number of carbonyl (C=O) groups excluding carboxylic acids is 2. The standard InChI is InChI=1S/C19H28ClN3O2/c1-15-5-2-3-13-23(15)14-4-11-21-18(24)10-12-22-19(25)16-6-8-17(20)9-7-16/h6-9,15H,2-5,10-14H2,1H3,(H,21,24)(H,22,25)/p+1/t15-/m0/s1. The molecule has 1 aromatic carbocycles. The van der Waals surface area contributed by atoms with Crippen molar-refractivity contribution in [3.8, 4) is 0 Å². The van der Waals surface area contributed by atoms with Gasteiger partial charge in [0, 0.05) is 36.5 Å². The van der Waals surface area contributed by atoms with Gasteiger partial charge >= 0.3 is 0 Å². The number of likely N-dealkylation sites (tertiary alicyclic amines) is 1. The van der Waals surface area contributed by atoms with Crippen molar-refractivity contribution in [2.24, 2.45) is 0 Å². The van der Waals surface area contributed by atoms with Crippen LogP contribution in [0.3, 0.4) is 0 Å². The molecule has 0 aromatic heterocycles. The largest absolute Gasteiger partial charge is 0.356 e. The Morgan fingerprint density at radius 3 is 2.64 bits per heavy atom. The average molecular weight is 367 g/mol. The molecule has 1 aliphatic rings. The number of benzene rings is 1. The molecule has 1 aromatic rings. The van der Waals surface area contributed by atoms with E-state index in [9.17, 15) is 9.59 Å². The van der Waals surface area contributed by atoms with Crippen LogP contribution in [0.5, 0.6) is 0 Å². The molecule has 1 unspecified atom stereocenters. The summed E-state index contributed by atoms with van der Waals surface area (Å²) in [5, 5.41) is 6.28. The lowest BCUT2D eigenvalue weighted by Gasteiger charge is -2.30. The number of nitrogens with one attached hydrogen (secondary N) is 3. The van der Waals surface area contributed by atoms with Crippen LogP contribution in [0.2, 0.25) is 5.02 Å². The second kappa shape index (κ2) is 10.4. The summed E-state index contributed by atoms with van der Waals surface area (Å²) in [6.45, 7) is 5.74. The van der Waals surface area contributed by atoms with Gasteiger partial charge in [0.25, 0.3) is 5.91 Å². The molecule has 1 saturated heterocycles. The molecular weight excluding hydrogens is 338 g/mol. The molecule has 0 spiro atoms. The van der Waals surface area contributed by atoms with E-state index in [1.54, 1.807) is 29.2 Å². The molecule has 0 radical (unpaired) electrons. The summed E-state index contributed by atoms with van der Waals surface area (Å²) in [6.07, 6.45) is 5.28.